The number of hydrogen-bond donors (Lipinski definition) is 2. The van der Waals surface area contributed by atoms with Crippen LogP contribution in [-0.4, -0.2) is 22.4 Å². The number of benzene rings is 2. The molecule has 7 nitrogen and oxygen atoms in total. The average molecular weight is 415 g/mol. The number of thiazole rings is 1. The molecule has 0 aliphatic carbocycles. The average Bonchev–Trinajstić information content (AvgIpc) is 3.07. The first-order valence-corrected chi connectivity index (χ1v) is 10.1. The first-order valence-electron chi connectivity index (χ1n) is 8.40. The van der Waals surface area contributed by atoms with Crippen LogP contribution in [0.3, 0.4) is 0 Å². The molecule has 1 heterocycles. The number of para-hydroxylation sites is 2. The van der Waals surface area contributed by atoms with E-state index in [1.807, 2.05) is 37.4 Å². The predicted molar refractivity (Wildman–Crippen MR) is 112 cm³/mol. The summed E-state index contributed by atoms with van der Waals surface area (Å²) in [6.45, 7) is 3.81. The van der Waals surface area contributed by atoms with Gasteiger partial charge in [-0.2, -0.15) is 0 Å². The van der Waals surface area contributed by atoms with Gasteiger partial charge in [-0.15, -0.1) is 11.3 Å². The molecule has 0 spiro atoms. The molecule has 0 aliphatic rings. The fourth-order valence-corrected chi connectivity index (χ4v) is 4.38. The molecule has 0 unspecified atom stereocenters. The number of nitro groups is 1. The summed E-state index contributed by atoms with van der Waals surface area (Å²) in [6.07, 6.45) is 0. The summed E-state index contributed by atoms with van der Waals surface area (Å²) in [5, 5.41) is 18.7. The van der Waals surface area contributed by atoms with Crippen LogP contribution in [0.25, 0.3) is 0 Å². The summed E-state index contributed by atoms with van der Waals surface area (Å²) < 4.78 is 0.974. The van der Waals surface area contributed by atoms with E-state index < -0.39 is 4.92 Å². The van der Waals surface area contributed by atoms with Crippen LogP contribution >= 0.6 is 23.1 Å². The second-order valence-electron chi connectivity index (χ2n) is 6.01. The van der Waals surface area contributed by atoms with Gasteiger partial charge in [0.25, 0.3) is 5.69 Å². The lowest BCUT2D eigenvalue weighted by Crippen LogP contribution is -2.22. The van der Waals surface area contributed by atoms with Crippen LogP contribution in [0.1, 0.15) is 11.3 Å². The van der Waals surface area contributed by atoms with Crippen molar-refractivity contribution < 1.29 is 9.72 Å². The van der Waals surface area contributed by atoms with Gasteiger partial charge in [-0.1, -0.05) is 23.9 Å². The molecule has 0 radical (unpaired) electrons. The van der Waals surface area contributed by atoms with Gasteiger partial charge in [-0.25, -0.2) is 4.98 Å². The van der Waals surface area contributed by atoms with Crippen molar-refractivity contribution >= 4 is 46.1 Å². The van der Waals surface area contributed by atoms with Gasteiger partial charge in [-0.05, 0) is 43.7 Å². The molecule has 0 saturated carbocycles. The van der Waals surface area contributed by atoms with Gasteiger partial charge in [0.05, 0.1) is 11.5 Å². The Balaban J connectivity index is 1.60. The summed E-state index contributed by atoms with van der Waals surface area (Å²) in [5.41, 5.74) is 2.88. The minimum Gasteiger partial charge on any atom is -0.371 e. The number of nitrogens with one attached hydrogen (secondary N) is 2. The third-order valence-corrected chi connectivity index (χ3v) is 5.86. The molecule has 1 aromatic heterocycles. The molecule has 0 atom stereocenters. The maximum atomic E-state index is 12.2. The number of carbonyl (C=O) groups is 1. The molecule has 9 heteroatoms. The normalized spacial score (nSPS) is 10.5. The monoisotopic (exact) mass is 414 g/mol. The Morgan fingerprint density at radius 1 is 1.21 bits per heavy atom. The number of aromatic nitrogens is 1. The predicted octanol–water partition coefficient (Wildman–Crippen LogP) is 4.87. The van der Waals surface area contributed by atoms with Crippen molar-refractivity contribution in [1.82, 2.24) is 4.98 Å². The van der Waals surface area contributed by atoms with E-state index in [4.69, 9.17) is 0 Å². The number of amides is 1. The summed E-state index contributed by atoms with van der Waals surface area (Å²) >= 11 is 3.18. The lowest BCUT2D eigenvalue weighted by atomic mass is 10.2. The van der Waals surface area contributed by atoms with Crippen LogP contribution < -0.4 is 10.6 Å². The summed E-state index contributed by atoms with van der Waals surface area (Å²) in [6, 6.07) is 12.0. The van der Waals surface area contributed by atoms with E-state index in [1.165, 1.54) is 6.07 Å². The van der Waals surface area contributed by atoms with Crippen molar-refractivity contribution in [1.29, 1.82) is 0 Å². The van der Waals surface area contributed by atoms with Crippen LogP contribution in [0.2, 0.25) is 0 Å². The Hall–Kier alpha value is -2.91. The Morgan fingerprint density at radius 3 is 2.68 bits per heavy atom. The fourth-order valence-electron chi connectivity index (χ4n) is 2.47. The first-order chi connectivity index (χ1) is 13.4. The van der Waals surface area contributed by atoms with E-state index in [-0.39, 0.29) is 18.1 Å². The molecule has 0 bridgehead atoms. The fraction of sp³-hybridized carbons (Fsp3) is 0.158. The number of hydrogen-bond acceptors (Lipinski definition) is 7. The summed E-state index contributed by atoms with van der Waals surface area (Å²) in [4.78, 5) is 28.3. The van der Waals surface area contributed by atoms with Crippen molar-refractivity contribution in [3.8, 4) is 0 Å². The zero-order chi connectivity index (χ0) is 20.1. The third-order valence-electron chi connectivity index (χ3n) is 3.82. The van der Waals surface area contributed by atoms with E-state index in [0.717, 1.165) is 20.5 Å². The van der Waals surface area contributed by atoms with Gasteiger partial charge in [0, 0.05) is 27.7 Å². The zero-order valence-electron chi connectivity index (χ0n) is 15.3. The lowest BCUT2D eigenvalue weighted by Gasteiger charge is -2.11. The van der Waals surface area contributed by atoms with E-state index in [1.54, 1.807) is 41.3 Å². The first kappa shape index (κ1) is 19.8. The molecule has 0 aliphatic heterocycles. The number of nitrogens with zero attached hydrogens (tertiary/aromatic N) is 2. The SMILES string of the molecule is Cc1csc(Sc2ccc(NC(=O)CNc3ccccc3[N+](=O)[O-])c(C)c2)n1. The second kappa shape index (κ2) is 8.85. The molecule has 144 valence electrons. The summed E-state index contributed by atoms with van der Waals surface area (Å²) in [7, 11) is 0. The van der Waals surface area contributed by atoms with Crippen LogP contribution in [0.5, 0.6) is 0 Å². The molecule has 1 amide bonds. The number of anilines is 2. The molecule has 2 aromatic carbocycles. The Labute approximate surface area is 170 Å². The highest BCUT2D eigenvalue weighted by molar-refractivity contribution is 8.01. The highest BCUT2D eigenvalue weighted by Gasteiger charge is 2.13. The summed E-state index contributed by atoms with van der Waals surface area (Å²) in [5.74, 6) is -0.280. The maximum Gasteiger partial charge on any atom is 0.292 e. The van der Waals surface area contributed by atoms with Crippen molar-refractivity contribution in [3.63, 3.8) is 0 Å². The van der Waals surface area contributed by atoms with Gasteiger partial charge in [0.2, 0.25) is 5.91 Å². The standard InChI is InChI=1S/C19H18N4O3S2/c1-12-9-14(28-19-21-13(2)11-27-19)7-8-15(12)22-18(24)10-20-16-5-3-4-6-17(16)23(25)26/h3-9,11,20H,10H2,1-2H3,(H,22,24). The van der Waals surface area contributed by atoms with E-state index in [2.05, 4.69) is 15.6 Å². The Kier molecular flexibility index (Phi) is 6.27. The van der Waals surface area contributed by atoms with Gasteiger partial charge >= 0.3 is 0 Å². The molecule has 28 heavy (non-hydrogen) atoms. The van der Waals surface area contributed by atoms with Crippen LogP contribution in [0.4, 0.5) is 17.1 Å². The molecular formula is C19H18N4O3S2. The molecular weight excluding hydrogens is 396 g/mol. The van der Waals surface area contributed by atoms with Crippen LogP contribution in [-0.2, 0) is 4.79 Å². The smallest absolute Gasteiger partial charge is 0.292 e. The topological polar surface area (TPSA) is 97.2 Å². The van der Waals surface area contributed by atoms with Gasteiger partial charge in [0.15, 0.2) is 4.34 Å². The Morgan fingerprint density at radius 2 is 2.00 bits per heavy atom. The van der Waals surface area contributed by atoms with Crippen molar-refractivity contribution in [2.75, 3.05) is 17.2 Å². The van der Waals surface area contributed by atoms with Crippen molar-refractivity contribution in [2.45, 2.75) is 23.1 Å². The van der Waals surface area contributed by atoms with Crippen molar-refractivity contribution in [2.24, 2.45) is 0 Å². The van der Waals surface area contributed by atoms with Crippen LogP contribution in [0.15, 0.2) is 57.1 Å². The van der Waals surface area contributed by atoms with E-state index in [9.17, 15) is 14.9 Å². The molecule has 3 rings (SSSR count). The number of aryl methyl sites for hydroxylation is 2. The van der Waals surface area contributed by atoms with Crippen LogP contribution in [0, 0.1) is 24.0 Å². The Bertz CT molecular complexity index is 1020. The minimum absolute atomic E-state index is 0.0646. The highest BCUT2D eigenvalue weighted by Crippen LogP contribution is 2.32. The molecule has 0 saturated heterocycles. The molecule has 3 aromatic rings. The van der Waals surface area contributed by atoms with E-state index in [0.29, 0.717) is 11.4 Å². The third kappa shape index (κ3) is 5.08. The molecule has 0 fully saturated rings. The quantitative estimate of drug-likeness (QED) is 0.423. The highest BCUT2D eigenvalue weighted by atomic mass is 32.2. The number of nitro benzene ring substituents is 1. The maximum absolute atomic E-state index is 12.2. The number of carbonyl (C=O) groups excluding carboxylic acids is 1. The van der Waals surface area contributed by atoms with Crippen molar-refractivity contribution in [3.05, 3.63) is 69.2 Å². The second-order valence-corrected chi connectivity index (χ2v) is 8.19. The van der Waals surface area contributed by atoms with E-state index >= 15 is 0 Å². The molecule has 2 N–H and O–H groups in total. The minimum atomic E-state index is -0.481. The lowest BCUT2D eigenvalue weighted by molar-refractivity contribution is -0.383. The number of rotatable bonds is 7. The van der Waals surface area contributed by atoms with Gasteiger partial charge in [0.1, 0.15) is 5.69 Å². The largest absolute Gasteiger partial charge is 0.371 e. The van der Waals surface area contributed by atoms with Gasteiger partial charge < -0.3 is 10.6 Å². The zero-order valence-corrected chi connectivity index (χ0v) is 16.9. The van der Waals surface area contributed by atoms with Gasteiger partial charge in [-0.3, -0.25) is 14.9 Å².